The Hall–Kier alpha value is -1.56. The molecule has 0 saturated heterocycles. The zero-order valence-electron chi connectivity index (χ0n) is 8.93. The molecule has 0 atom stereocenters. The number of halogens is 1. The van der Waals surface area contributed by atoms with Crippen LogP contribution in [0.1, 0.15) is 13.3 Å². The van der Waals surface area contributed by atoms with E-state index in [1.54, 1.807) is 6.21 Å². The summed E-state index contributed by atoms with van der Waals surface area (Å²) in [4.78, 5) is 24.1. The zero-order valence-corrected chi connectivity index (χ0v) is 9.75. The largest absolute Gasteiger partial charge is 0.369 e. The molecule has 0 bridgehead atoms. The van der Waals surface area contributed by atoms with E-state index in [2.05, 4.69) is 21.9 Å². The van der Waals surface area contributed by atoms with Crippen molar-refractivity contribution < 1.29 is 0 Å². The number of nitrogens with two attached hydrogens (primary N) is 1. The molecule has 0 amide bonds. The topological polar surface area (TPSA) is 87.4 Å². The number of hydrogen-bond donors (Lipinski definition) is 2. The molecule has 1 aromatic heterocycles. The number of aromatic amines is 1. The lowest BCUT2D eigenvalue weighted by molar-refractivity contribution is 0.807. The number of nitrogens with zero attached hydrogens (tertiary/aromatic N) is 3. The summed E-state index contributed by atoms with van der Waals surface area (Å²) in [6.07, 6.45) is 2.70. The van der Waals surface area contributed by atoms with Gasteiger partial charge in [-0.1, -0.05) is 6.92 Å². The molecular formula is C9H14ClN5O. The number of aliphatic imine (C=N–C) groups is 1. The maximum Gasteiger partial charge on any atom is 0.280 e. The zero-order chi connectivity index (χ0) is 10.8. The lowest BCUT2D eigenvalue weighted by Crippen LogP contribution is -2.31. The Morgan fingerprint density at radius 2 is 2.38 bits per heavy atom. The first-order valence-electron chi connectivity index (χ1n) is 4.89. The fraction of sp³-hybridized carbons (Fsp3) is 0.444. The van der Waals surface area contributed by atoms with E-state index >= 15 is 0 Å². The highest BCUT2D eigenvalue weighted by Crippen LogP contribution is 2.24. The Labute approximate surface area is 99.0 Å². The predicted octanol–water partition coefficient (Wildman–Crippen LogP) is 0.706. The number of hydrogen-bond acceptors (Lipinski definition) is 5. The molecule has 6 nitrogen and oxygen atoms in total. The van der Waals surface area contributed by atoms with Crippen LogP contribution in [0, 0.1) is 0 Å². The third kappa shape index (κ3) is 2.16. The van der Waals surface area contributed by atoms with Gasteiger partial charge in [-0.2, -0.15) is 4.98 Å². The second-order valence-electron chi connectivity index (χ2n) is 3.38. The van der Waals surface area contributed by atoms with Gasteiger partial charge in [0, 0.05) is 12.8 Å². The van der Waals surface area contributed by atoms with Crippen LogP contribution in [-0.2, 0) is 0 Å². The third-order valence-electron chi connectivity index (χ3n) is 2.21. The molecular weight excluding hydrogens is 230 g/mol. The molecule has 0 aromatic carbocycles. The molecule has 0 fully saturated rings. The van der Waals surface area contributed by atoms with Gasteiger partial charge in [0.2, 0.25) is 5.95 Å². The molecule has 1 aromatic rings. The molecule has 1 aliphatic heterocycles. The lowest BCUT2D eigenvalue weighted by atomic mass is 10.3. The normalized spacial score (nSPS) is 13.2. The molecule has 0 spiro atoms. The van der Waals surface area contributed by atoms with Gasteiger partial charge >= 0.3 is 0 Å². The van der Waals surface area contributed by atoms with Gasteiger partial charge in [0.25, 0.3) is 5.56 Å². The molecule has 3 N–H and O–H groups in total. The van der Waals surface area contributed by atoms with Gasteiger partial charge in [-0.15, -0.1) is 12.4 Å². The highest BCUT2D eigenvalue weighted by Gasteiger charge is 2.18. The number of H-pyrrole nitrogens is 1. The van der Waals surface area contributed by atoms with Crippen molar-refractivity contribution >= 4 is 36.1 Å². The van der Waals surface area contributed by atoms with E-state index < -0.39 is 0 Å². The van der Waals surface area contributed by atoms with Crippen molar-refractivity contribution in [3.8, 4) is 0 Å². The second-order valence-corrected chi connectivity index (χ2v) is 3.38. The number of fused-ring (bicyclic) bond motifs is 1. The van der Waals surface area contributed by atoms with Crippen LogP contribution in [0.4, 0.5) is 17.5 Å². The molecule has 1 aliphatic rings. The Bertz CT molecular complexity index is 456. The fourth-order valence-electron chi connectivity index (χ4n) is 1.59. The summed E-state index contributed by atoms with van der Waals surface area (Å²) < 4.78 is 0. The van der Waals surface area contributed by atoms with E-state index in [9.17, 15) is 4.79 Å². The lowest BCUT2D eigenvalue weighted by Gasteiger charge is -2.24. The van der Waals surface area contributed by atoms with Crippen molar-refractivity contribution in [2.24, 2.45) is 4.99 Å². The minimum Gasteiger partial charge on any atom is -0.369 e. The molecule has 0 aliphatic carbocycles. The van der Waals surface area contributed by atoms with Gasteiger partial charge < -0.3 is 10.6 Å². The summed E-state index contributed by atoms with van der Waals surface area (Å²) in [6.45, 7) is 3.59. The number of nitrogens with one attached hydrogen (secondary N) is 1. The molecule has 0 saturated carbocycles. The third-order valence-corrected chi connectivity index (χ3v) is 2.21. The van der Waals surface area contributed by atoms with Gasteiger partial charge in [0.05, 0.1) is 6.54 Å². The summed E-state index contributed by atoms with van der Waals surface area (Å²) in [5.41, 5.74) is 5.56. The van der Waals surface area contributed by atoms with E-state index in [0.29, 0.717) is 18.1 Å². The average Bonchev–Trinajstić information content (AvgIpc) is 2.19. The van der Waals surface area contributed by atoms with E-state index in [-0.39, 0.29) is 23.9 Å². The van der Waals surface area contributed by atoms with E-state index in [1.807, 2.05) is 4.90 Å². The second kappa shape index (κ2) is 4.98. The van der Waals surface area contributed by atoms with Crippen molar-refractivity contribution in [3.05, 3.63) is 10.4 Å². The predicted molar refractivity (Wildman–Crippen MR) is 67.2 cm³/mol. The van der Waals surface area contributed by atoms with Gasteiger partial charge in [-0.3, -0.25) is 9.78 Å². The van der Waals surface area contributed by atoms with E-state index in [0.717, 1.165) is 13.0 Å². The first kappa shape index (κ1) is 12.5. The summed E-state index contributed by atoms with van der Waals surface area (Å²) in [6, 6.07) is 0. The van der Waals surface area contributed by atoms with Crippen molar-refractivity contribution in [1.29, 1.82) is 0 Å². The monoisotopic (exact) mass is 243 g/mol. The summed E-state index contributed by atoms with van der Waals surface area (Å²) in [7, 11) is 0. The van der Waals surface area contributed by atoms with Crippen LogP contribution >= 0.6 is 12.4 Å². The van der Waals surface area contributed by atoms with Crippen LogP contribution in [0.3, 0.4) is 0 Å². The minimum absolute atomic E-state index is 0. The average molecular weight is 244 g/mol. The van der Waals surface area contributed by atoms with Crippen molar-refractivity contribution in [3.63, 3.8) is 0 Å². The Kier molecular flexibility index (Phi) is 3.89. The molecule has 16 heavy (non-hydrogen) atoms. The molecule has 0 radical (unpaired) electrons. The summed E-state index contributed by atoms with van der Waals surface area (Å²) in [5, 5.41) is 0. The molecule has 2 rings (SSSR count). The molecule has 2 heterocycles. The Balaban J connectivity index is 0.00000128. The first-order chi connectivity index (χ1) is 7.22. The van der Waals surface area contributed by atoms with E-state index in [4.69, 9.17) is 5.73 Å². The fourth-order valence-corrected chi connectivity index (χ4v) is 1.59. The van der Waals surface area contributed by atoms with Crippen LogP contribution in [0.2, 0.25) is 0 Å². The van der Waals surface area contributed by atoms with E-state index in [1.165, 1.54) is 0 Å². The number of aromatic nitrogens is 2. The SMILES string of the molecule is CCCN1CC=Nc2c1nc(N)[nH]c2=O.Cl. The van der Waals surface area contributed by atoms with Crippen LogP contribution in [0.5, 0.6) is 0 Å². The van der Waals surface area contributed by atoms with Gasteiger partial charge in [-0.05, 0) is 6.42 Å². The molecule has 0 unspecified atom stereocenters. The Morgan fingerprint density at radius 3 is 3.06 bits per heavy atom. The summed E-state index contributed by atoms with van der Waals surface area (Å²) in [5.74, 6) is 0.720. The quantitative estimate of drug-likeness (QED) is 0.801. The summed E-state index contributed by atoms with van der Waals surface area (Å²) >= 11 is 0. The first-order valence-corrected chi connectivity index (χ1v) is 4.89. The van der Waals surface area contributed by atoms with Gasteiger partial charge in [0.1, 0.15) is 0 Å². The maximum absolute atomic E-state index is 11.5. The van der Waals surface area contributed by atoms with Crippen molar-refractivity contribution in [2.75, 3.05) is 23.7 Å². The van der Waals surface area contributed by atoms with Gasteiger partial charge in [0.15, 0.2) is 11.5 Å². The van der Waals surface area contributed by atoms with Crippen molar-refractivity contribution in [1.82, 2.24) is 9.97 Å². The number of rotatable bonds is 2. The smallest absolute Gasteiger partial charge is 0.280 e. The standard InChI is InChI=1S/C9H13N5O.ClH/c1-2-4-14-5-3-11-6-7(14)12-9(10)13-8(6)15;/h3H,2,4-5H2,1H3,(H3,10,12,13,15);1H. The Morgan fingerprint density at radius 1 is 1.62 bits per heavy atom. The maximum atomic E-state index is 11.5. The number of anilines is 2. The number of nitrogen functional groups attached to an aromatic ring is 1. The van der Waals surface area contributed by atoms with Gasteiger partial charge in [-0.25, -0.2) is 4.99 Å². The van der Waals surface area contributed by atoms with Crippen LogP contribution < -0.4 is 16.2 Å². The van der Waals surface area contributed by atoms with Crippen LogP contribution in [0.25, 0.3) is 0 Å². The van der Waals surface area contributed by atoms with Crippen LogP contribution in [-0.4, -0.2) is 29.3 Å². The highest BCUT2D eigenvalue weighted by molar-refractivity contribution is 5.85. The van der Waals surface area contributed by atoms with Crippen LogP contribution in [0.15, 0.2) is 9.79 Å². The molecule has 88 valence electrons. The highest BCUT2D eigenvalue weighted by atomic mass is 35.5. The minimum atomic E-state index is -0.283. The van der Waals surface area contributed by atoms with Crippen molar-refractivity contribution in [2.45, 2.75) is 13.3 Å². The molecule has 7 heteroatoms.